The lowest BCUT2D eigenvalue weighted by atomic mass is 9.44. The molecule has 0 aromatic heterocycles. The van der Waals surface area contributed by atoms with Crippen LogP contribution in [0.4, 0.5) is 4.39 Å². The number of halogens is 1. The number of aliphatic hydroxyl groups is 2. The van der Waals surface area contributed by atoms with Crippen LogP contribution >= 0.6 is 23.5 Å². The number of hydrogen-bond donors (Lipinski definition) is 3. The van der Waals surface area contributed by atoms with Crippen molar-refractivity contribution in [3.8, 4) is 0 Å². The third-order valence-electron chi connectivity index (χ3n) is 10.3. The molecule has 1 amide bonds. The average Bonchev–Trinajstić information content (AvgIpc) is 3.07. The Bertz CT molecular complexity index is 1130. The zero-order chi connectivity index (χ0) is 29.0. The Hall–Kier alpha value is -1.49. The minimum absolute atomic E-state index is 0.108. The number of ketones is 2. The van der Waals surface area contributed by atoms with Gasteiger partial charge in [-0.1, -0.05) is 37.3 Å². The Morgan fingerprint density at radius 1 is 1.26 bits per heavy atom. The van der Waals surface area contributed by atoms with Crippen molar-refractivity contribution in [1.82, 2.24) is 5.32 Å². The molecule has 10 heteroatoms. The lowest BCUT2D eigenvalue weighted by molar-refractivity contribution is -0.218. The van der Waals surface area contributed by atoms with E-state index in [4.69, 9.17) is 0 Å². The monoisotopic (exact) mass is 581 g/mol. The highest BCUT2D eigenvalue weighted by atomic mass is 32.2. The predicted molar refractivity (Wildman–Crippen MR) is 151 cm³/mol. The van der Waals surface area contributed by atoms with Crippen molar-refractivity contribution in [2.75, 3.05) is 17.8 Å². The molecule has 3 fully saturated rings. The van der Waals surface area contributed by atoms with Gasteiger partial charge in [0.05, 0.1) is 17.9 Å². The fourth-order valence-electron chi connectivity index (χ4n) is 8.22. The summed E-state index contributed by atoms with van der Waals surface area (Å²) >= 11 is 2.34. The summed E-state index contributed by atoms with van der Waals surface area (Å²) in [7, 11) is 0. The van der Waals surface area contributed by atoms with Crippen LogP contribution < -0.4 is 5.32 Å². The standard InChI is InChI=1S/C29H40FNO6S2/c1-16-12-21-20-7-6-18-13-19(33)8-10-26(18,3)28(20,30)23(34)14-27(21,4)29(16,37)24(35)15-39-25(36)22(9-11-38-5)31-17(2)32/h8,10,13,16,20-23,34,37H,6-7,9,11-12,14-15H2,1-5H3,(H,31,32)/t16?,20-,21-,22?,23?,26-,27-,28-,29-/m0/s1. The Kier molecular flexibility index (Phi) is 8.38. The lowest BCUT2D eigenvalue weighted by Gasteiger charge is -2.62. The molecule has 0 bridgehead atoms. The molecule has 0 heterocycles. The SMILES string of the molecule is CSCCC(NC(C)=O)C(=O)SCC(=O)[C@@]1(O)C(C)C[C@H]2[C@@H]3CCC4=CC(=O)C=C[C@]4(C)[C@@]3(F)C(O)C[C@@]21C. The van der Waals surface area contributed by atoms with E-state index in [0.29, 0.717) is 37.0 Å². The number of hydrogen-bond acceptors (Lipinski definition) is 8. The molecular formula is C29H40FNO6S2. The minimum atomic E-state index is -2.04. The van der Waals surface area contributed by atoms with Gasteiger partial charge in [0.1, 0.15) is 5.60 Å². The summed E-state index contributed by atoms with van der Waals surface area (Å²) in [5.74, 6) is -2.11. The van der Waals surface area contributed by atoms with E-state index in [0.717, 1.165) is 11.8 Å². The van der Waals surface area contributed by atoms with E-state index in [2.05, 4.69) is 5.32 Å². The van der Waals surface area contributed by atoms with Gasteiger partial charge in [-0.15, -0.1) is 0 Å². The average molecular weight is 582 g/mol. The molecule has 7 nitrogen and oxygen atoms in total. The van der Waals surface area contributed by atoms with E-state index in [1.54, 1.807) is 38.6 Å². The van der Waals surface area contributed by atoms with Gasteiger partial charge in [-0.05, 0) is 75.0 Å². The second-order valence-corrected chi connectivity index (χ2v) is 14.2. The fraction of sp³-hybridized carbons (Fsp3) is 0.724. The second kappa shape index (κ2) is 10.7. The number of nitrogens with one attached hydrogen (secondary N) is 1. The van der Waals surface area contributed by atoms with Gasteiger partial charge >= 0.3 is 0 Å². The van der Waals surface area contributed by atoms with Crippen molar-refractivity contribution in [3.05, 3.63) is 23.8 Å². The Morgan fingerprint density at radius 2 is 1.95 bits per heavy atom. The minimum Gasteiger partial charge on any atom is -0.390 e. The number of aliphatic hydroxyl groups excluding tert-OH is 1. The summed E-state index contributed by atoms with van der Waals surface area (Å²) in [5, 5.41) is 25.9. The zero-order valence-electron chi connectivity index (χ0n) is 23.3. The first-order valence-electron chi connectivity index (χ1n) is 13.7. The Balaban J connectivity index is 1.58. The van der Waals surface area contributed by atoms with Gasteiger partial charge in [-0.3, -0.25) is 19.2 Å². The van der Waals surface area contributed by atoms with E-state index in [9.17, 15) is 29.4 Å². The van der Waals surface area contributed by atoms with Crippen LogP contribution in [0.1, 0.15) is 59.8 Å². The third-order valence-corrected chi connectivity index (χ3v) is 11.9. The lowest BCUT2D eigenvalue weighted by Crippen LogP contribution is -2.69. The zero-order valence-corrected chi connectivity index (χ0v) is 24.9. The molecule has 4 aliphatic rings. The highest BCUT2D eigenvalue weighted by molar-refractivity contribution is 8.14. The van der Waals surface area contributed by atoms with Gasteiger partial charge in [0.15, 0.2) is 17.2 Å². The van der Waals surface area contributed by atoms with Gasteiger partial charge in [0.25, 0.3) is 0 Å². The number of amides is 1. The third kappa shape index (κ3) is 4.57. The highest BCUT2D eigenvalue weighted by Crippen LogP contribution is 2.70. The molecule has 0 aromatic rings. The van der Waals surface area contributed by atoms with E-state index in [1.165, 1.54) is 19.1 Å². The van der Waals surface area contributed by atoms with Gasteiger partial charge in [-0.25, -0.2) is 4.39 Å². The molecule has 39 heavy (non-hydrogen) atoms. The molecule has 216 valence electrons. The van der Waals surface area contributed by atoms with Crippen LogP contribution in [0.5, 0.6) is 0 Å². The summed E-state index contributed by atoms with van der Waals surface area (Å²) in [6, 6.07) is -0.726. The fourth-order valence-corrected chi connectivity index (χ4v) is 9.56. The number of Topliss-reactive ketones (excluding diaryl/α,β-unsaturated/α-hetero) is 1. The van der Waals surface area contributed by atoms with Crippen molar-refractivity contribution in [3.63, 3.8) is 0 Å². The maximum atomic E-state index is 17.3. The van der Waals surface area contributed by atoms with Crippen molar-refractivity contribution in [2.24, 2.45) is 28.6 Å². The van der Waals surface area contributed by atoms with E-state index in [-0.39, 0.29) is 34.9 Å². The van der Waals surface area contributed by atoms with Crippen molar-refractivity contribution >= 4 is 46.1 Å². The summed E-state index contributed by atoms with van der Waals surface area (Å²) in [6.07, 6.45) is 6.55. The molecule has 0 aliphatic heterocycles. The molecule has 0 aromatic carbocycles. The van der Waals surface area contributed by atoms with E-state index in [1.807, 2.05) is 6.26 Å². The molecular weight excluding hydrogens is 541 g/mol. The summed E-state index contributed by atoms with van der Waals surface area (Å²) < 4.78 is 17.3. The molecule has 0 radical (unpaired) electrons. The van der Waals surface area contributed by atoms with Crippen LogP contribution in [0, 0.1) is 28.6 Å². The van der Waals surface area contributed by atoms with Crippen LogP contribution in [0.15, 0.2) is 23.8 Å². The number of rotatable bonds is 8. The van der Waals surface area contributed by atoms with Crippen molar-refractivity contribution < 1.29 is 33.8 Å². The highest BCUT2D eigenvalue weighted by Gasteiger charge is 2.75. The van der Waals surface area contributed by atoms with Crippen molar-refractivity contribution in [2.45, 2.75) is 83.2 Å². The number of carbonyl (C=O) groups is 4. The number of alkyl halides is 1. The maximum absolute atomic E-state index is 17.3. The molecule has 3 N–H and O–H groups in total. The molecule has 0 saturated heterocycles. The van der Waals surface area contributed by atoms with E-state index >= 15 is 4.39 Å². The largest absolute Gasteiger partial charge is 0.390 e. The predicted octanol–water partition coefficient (Wildman–Crippen LogP) is 3.42. The topological polar surface area (TPSA) is 121 Å². The Morgan fingerprint density at radius 3 is 2.59 bits per heavy atom. The molecule has 0 spiro atoms. The summed E-state index contributed by atoms with van der Waals surface area (Å²) in [5.41, 5.74) is -5.44. The maximum Gasteiger partial charge on any atom is 0.217 e. The second-order valence-electron chi connectivity index (χ2n) is 12.2. The smallest absolute Gasteiger partial charge is 0.217 e. The first-order valence-corrected chi connectivity index (χ1v) is 16.0. The first-order chi connectivity index (χ1) is 18.2. The van der Waals surface area contributed by atoms with Crippen LogP contribution in [-0.4, -0.2) is 74.0 Å². The van der Waals surface area contributed by atoms with Gasteiger partial charge in [0.2, 0.25) is 11.0 Å². The van der Waals surface area contributed by atoms with Gasteiger partial charge < -0.3 is 15.5 Å². The molecule has 3 saturated carbocycles. The molecule has 4 rings (SSSR count). The molecule has 4 aliphatic carbocycles. The number of allylic oxidation sites excluding steroid dienone is 4. The van der Waals surface area contributed by atoms with Crippen molar-refractivity contribution in [1.29, 1.82) is 0 Å². The quantitative estimate of drug-likeness (QED) is 0.399. The van der Waals surface area contributed by atoms with Crippen LogP contribution in [0.3, 0.4) is 0 Å². The number of fused-ring (bicyclic) bond motifs is 5. The van der Waals surface area contributed by atoms with Crippen LogP contribution in [0.2, 0.25) is 0 Å². The normalized spacial score (nSPS) is 41.6. The first kappa shape index (κ1) is 30.5. The van der Waals surface area contributed by atoms with Gasteiger partial charge in [0, 0.05) is 23.7 Å². The number of thioether (sulfide) groups is 2. The Labute approximate surface area is 238 Å². The number of carbonyl (C=O) groups excluding carboxylic acids is 4. The van der Waals surface area contributed by atoms with E-state index < -0.39 is 51.9 Å². The molecule has 3 unspecified atom stereocenters. The summed E-state index contributed by atoms with van der Waals surface area (Å²) in [6.45, 7) is 6.64. The summed E-state index contributed by atoms with van der Waals surface area (Å²) in [4.78, 5) is 50.3. The van der Waals surface area contributed by atoms with Crippen LogP contribution in [-0.2, 0) is 19.2 Å². The van der Waals surface area contributed by atoms with Crippen LogP contribution in [0.25, 0.3) is 0 Å². The molecule has 9 atom stereocenters. The van der Waals surface area contributed by atoms with Gasteiger partial charge in [-0.2, -0.15) is 11.8 Å².